The van der Waals surface area contributed by atoms with E-state index in [0.717, 1.165) is 22.9 Å². The molecule has 3 aromatic rings. The number of hydrogen-bond acceptors (Lipinski definition) is 3. The molecule has 1 atom stereocenters. The maximum Gasteiger partial charge on any atom is 0.416 e. The number of hydrogen-bond donors (Lipinski definition) is 2. The van der Waals surface area contributed by atoms with Gasteiger partial charge in [0.2, 0.25) is 0 Å². The molecule has 3 aromatic carbocycles. The Hall–Kier alpha value is -3.06. The average Bonchev–Trinajstić information content (AvgIpc) is 2.69. The van der Waals surface area contributed by atoms with Crippen molar-refractivity contribution in [1.29, 1.82) is 0 Å². The van der Waals surface area contributed by atoms with Crippen molar-refractivity contribution in [1.82, 2.24) is 5.32 Å². The Labute approximate surface area is 159 Å². The van der Waals surface area contributed by atoms with Crippen LogP contribution in [0.3, 0.4) is 0 Å². The number of nitrogens with one attached hydrogen (secondary N) is 1. The summed E-state index contributed by atoms with van der Waals surface area (Å²) in [4.78, 5) is 11.9. The van der Waals surface area contributed by atoms with Gasteiger partial charge in [0.15, 0.2) is 6.61 Å². The second-order valence-electron chi connectivity index (χ2n) is 6.24. The molecule has 0 heterocycles. The number of aliphatic hydroxyl groups excluding tert-OH is 1. The molecule has 0 radical (unpaired) electrons. The van der Waals surface area contributed by atoms with E-state index in [2.05, 4.69) is 5.32 Å². The monoisotopic (exact) mass is 389 g/mol. The highest BCUT2D eigenvalue weighted by atomic mass is 19.4. The first-order valence-electron chi connectivity index (χ1n) is 8.56. The Morgan fingerprint density at radius 3 is 2.36 bits per heavy atom. The molecular formula is C21H18F3NO3. The largest absolute Gasteiger partial charge is 0.484 e. The van der Waals surface area contributed by atoms with Crippen LogP contribution >= 0.6 is 0 Å². The van der Waals surface area contributed by atoms with Gasteiger partial charge in [0.05, 0.1) is 11.7 Å². The summed E-state index contributed by atoms with van der Waals surface area (Å²) in [7, 11) is 0. The number of amides is 1. The first-order chi connectivity index (χ1) is 13.3. The topological polar surface area (TPSA) is 58.6 Å². The van der Waals surface area contributed by atoms with Crippen molar-refractivity contribution in [2.24, 2.45) is 0 Å². The van der Waals surface area contributed by atoms with Gasteiger partial charge in [0.1, 0.15) is 5.75 Å². The number of halogens is 3. The van der Waals surface area contributed by atoms with Crippen molar-refractivity contribution in [2.75, 3.05) is 13.2 Å². The van der Waals surface area contributed by atoms with E-state index in [1.165, 1.54) is 12.1 Å². The summed E-state index contributed by atoms with van der Waals surface area (Å²) in [5.41, 5.74) is -0.514. The first kappa shape index (κ1) is 19.7. The maximum atomic E-state index is 12.6. The summed E-state index contributed by atoms with van der Waals surface area (Å²) >= 11 is 0. The molecule has 0 aliphatic heterocycles. The third-order valence-electron chi connectivity index (χ3n) is 4.21. The zero-order valence-corrected chi connectivity index (χ0v) is 14.7. The molecule has 0 saturated heterocycles. The standard InChI is InChI=1S/C21H18F3NO3/c22-21(23,24)17-8-5-15(6-9-17)19(26)12-25-20(27)13-28-18-10-7-14-3-1-2-4-16(14)11-18/h1-11,19,26H,12-13H2,(H,25,27)/t19-/m0/s1. The fraction of sp³-hybridized carbons (Fsp3) is 0.190. The zero-order valence-electron chi connectivity index (χ0n) is 14.7. The fourth-order valence-electron chi connectivity index (χ4n) is 2.68. The van der Waals surface area contributed by atoms with Crippen molar-refractivity contribution in [3.05, 3.63) is 77.9 Å². The van der Waals surface area contributed by atoms with Crippen molar-refractivity contribution in [3.63, 3.8) is 0 Å². The SMILES string of the molecule is O=C(COc1ccc2ccccc2c1)NC[C@H](O)c1ccc(C(F)(F)F)cc1. The Morgan fingerprint density at radius 1 is 1.00 bits per heavy atom. The van der Waals surface area contributed by atoms with E-state index in [4.69, 9.17) is 4.74 Å². The molecule has 0 spiro atoms. The minimum atomic E-state index is -4.43. The molecule has 0 aliphatic carbocycles. The lowest BCUT2D eigenvalue weighted by Crippen LogP contribution is -2.32. The summed E-state index contributed by atoms with van der Waals surface area (Å²) in [6, 6.07) is 17.4. The number of fused-ring (bicyclic) bond motifs is 1. The van der Waals surface area contributed by atoms with Crippen molar-refractivity contribution < 1.29 is 27.8 Å². The van der Waals surface area contributed by atoms with Crippen LogP contribution < -0.4 is 10.1 Å². The molecule has 3 rings (SSSR count). The minimum absolute atomic E-state index is 0.134. The van der Waals surface area contributed by atoms with Gasteiger partial charge in [0.25, 0.3) is 5.91 Å². The van der Waals surface area contributed by atoms with Crippen molar-refractivity contribution >= 4 is 16.7 Å². The molecule has 0 aromatic heterocycles. The van der Waals surface area contributed by atoms with Crippen molar-refractivity contribution in [3.8, 4) is 5.75 Å². The molecule has 28 heavy (non-hydrogen) atoms. The summed E-state index contributed by atoms with van der Waals surface area (Å²) in [6.45, 7) is -0.372. The number of alkyl halides is 3. The first-order valence-corrected chi connectivity index (χ1v) is 8.56. The normalized spacial score (nSPS) is 12.6. The molecule has 4 nitrogen and oxygen atoms in total. The predicted octanol–water partition coefficient (Wildman–Crippen LogP) is 4.09. The Kier molecular flexibility index (Phi) is 5.84. The Morgan fingerprint density at radius 2 is 1.68 bits per heavy atom. The second-order valence-corrected chi connectivity index (χ2v) is 6.24. The van der Waals surface area contributed by atoms with E-state index in [-0.39, 0.29) is 18.7 Å². The van der Waals surface area contributed by atoms with Gasteiger partial charge in [0, 0.05) is 6.54 Å². The van der Waals surface area contributed by atoms with Gasteiger partial charge in [-0.05, 0) is 40.6 Å². The number of carbonyl (C=O) groups is 1. The predicted molar refractivity (Wildman–Crippen MR) is 98.9 cm³/mol. The van der Waals surface area contributed by atoms with Crippen LogP contribution in [0.2, 0.25) is 0 Å². The zero-order chi connectivity index (χ0) is 20.1. The summed E-state index contributed by atoms with van der Waals surface area (Å²) in [6.07, 6.45) is -5.55. The maximum absolute atomic E-state index is 12.6. The van der Waals surface area contributed by atoms with E-state index in [9.17, 15) is 23.1 Å². The Bertz CT molecular complexity index is 955. The van der Waals surface area contributed by atoms with Gasteiger partial charge >= 0.3 is 6.18 Å². The van der Waals surface area contributed by atoms with Gasteiger partial charge in [-0.25, -0.2) is 0 Å². The van der Waals surface area contributed by atoms with Gasteiger partial charge < -0.3 is 15.2 Å². The molecule has 0 saturated carbocycles. The molecule has 1 amide bonds. The van der Waals surface area contributed by atoms with Crippen molar-refractivity contribution in [2.45, 2.75) is 12.3 Å². The van der Waals surface area contributed by atoms with E-state index >= 15 is 0 Å². The van der Waals surface area contributed by atoms with E-state index in [0.29, 0.717) is 5.75 Å². The van der Waals surface area contributed by atoms with Crippen LogP contribution in [0, 0.1) is 0 Å². The summed E-state index contributed by atoms with van der Waals surface area (Å²) in [5.74, 6) is 0.0938. The van der Waals surface area contributed by atoms with Crippen LogP contribution in [0.5, 0.6) is 5.75 Å². The number of rotatable bonds is 6. The van der Waals surface area contributed by atoms with Crippen LogP contribution in [0.15, 0.2) is 66.7 Å². The molecule has 7 heteroatoms. The lowest BCUT2D eigenvalue weighted by Gasteiger charge is -2.14. The van der Waals surface area contributed by atoms with Crippen LogP contribution in [0.1, 0.15) is 17.2 Å². The highest BCUT2D eigenvalue weighted by Gasteiger charge is 2.30. The lowest BCUT2D eigenvalue weighted by molar-refractivity contribution is -0.137. The molecule has 0 aliphatic rings. The van der Waals surface area contributed by atoms with Gasteiger partial charge in [-0.1, -0.05) is 42.5 Å². The lowest BCUT2D eigenvalue weighted by atomic mass is 10.1. The molecule has 2 N–H and O–H groups in total. The number of ether oxygens (including phenoxy) is 1. The van der Waals surface area contributed by atoms with Gasteiger partial charge in [-0.15, -0.1) is 0 Å². The number of benzene rings is 3. The van der Waals surface area contributed by atoms with Crippen LogP contribution in [-0.4, -0.2) is 24.2 Å². The molecule has 146 valence electrons. The highest BCUT2D eigenvalue weighted by Crippen LogP contribution is 2.29. The summed E-state index contributed by atoms with van der Waals surface area (Å²) in [5, 5.41) is 14.6. The van der Waals surface area contributed by atoms with Gasteiger partial charge in [-0.3, -0.25) is 4.79 Å². The molecule has 0 fully saturated rings. The van der Waals surface area contributed by atoms with E-state index in [1.807, 2.05) is 36.4 Å². The Balaban J connectivity index is 1.49. The van der Waals surface area contributed by atoms with Crippen LogP contribution in [-0.2, 0) is 11.0 Å². The van der Waals surface area contributed by atoms with E-state index in [1.54, 1.807) is 6.07 Å². The quantitative estimate of drug-likeness (QED) is 0.668. The average molecular weight is 389 g/mol. The fourth-order valence-corrected chi connectivity index (χ4v) is 2.68. The van der Waals surface area contributed by atoms with Crippen LogP contribution in [0.25, 0.3) is 10.8 Å². The van der Waals surface area contributed by atoms with E-state index < -0.39 is 23.8 Å². The van der Waals surface area contributed by atoms with Gasteiger partial charge in [-0.2, -0.15) is 13.2 Å². The molecular weight excluding hydrogens is 371 g/mol. The third-order valence-corrected chi connectivity index (χ3v) is 4.21. The summed E-state index contributed by atoms with van der Waals surface area (Å²) < 4.78 is 43.1. The van der Waals surface area contributed by atoms with Crippen LogP contribution in [0.4, 0.5) is 13.2 Å². The number of carbonyl (C=O) groups excluding carboxylic acids is 1. The molecule has 0 unspecified atom stereocenters. The second kappa shape index (κ2) is 8.31. The third kappa shape index (κ3) is 5.01. The highest BCUT2D eigenvalue weighted by molar-refractivity contribution is 5.84. The smallest absolute Gasteiger partial charge is 0.416 e. The number of aliphatic hydroxyl groups is 1. The molecule has 0 bridgehead atoms. The minimum Gasteiger partial charge on any atom is -0.484 e.